The van der Waals surface area contributed by atoms with Crippen molar-refractivity contribution in [1.29, 1.82) is 0 Å². The second kappa shape index (κ2) is 10.3. The van der Waals surface area contributed by atoms with Gasteiger partial charge in [-0.15, -0.1) is 0 Å². The van der Waals surface area contributed by atoms with Crippen LogP contribution in [-0.4, -0.2) is 57.0 Å². The molecular weight excluding hydrogens is 458 g/mol. The second-order valence-electron chi connectivity index (χ2n) is 8.25. The quantitative estimate of drug-likeness (QED) is 0.466. The topological polar surface area (TPSA) is 79.8 Å². The lowest BCUT2D eigenvalue weighted by Gasteiger charge is -2.30. The van der Waals surface area contributed by atoms with E-state index in [0.717, 1.165) is 42.3 Å². The molecule has 0 saturated heterocycles. The van der Waals surface area contributed by atoms with Gasteiger partial charge in [0.2, 0.25) is 10.0 Å². The van der Waals surface area contributed by atoms with Crippen LogP contribution in [0.4, 0.5) is 5.13 Å². The van der Waals surface area contributed by atoms with Gasteiger partial charge in [0, 0.05) is 25.8 Å². The number of aromatic nitrogens is 1. The lowest BCUT2D eigenvalue weighted by Crippen LogP contribution is -2.38. The molecule has 3 aromatic rings. The number of fused-ring (bicyclic) bond motifs is 1. The van der Waals surface area contributed by atoms with E-state index in [1.165, 1.54) is 21.7 Å². The molecule has 0 radical (unpaired) electrons. The van der Waals surface area contributed by atoms with Gasteiger partial charge in [-0.1, -0.05) is 48.8 Å². The van der Waals surface area contributed by atoms with Gasteiger partial charge in [0.25, 0.3) is 5.91 Å². The molecule has 1 fully saturated rings. The molecule has 1 amide bonds. The number of anilines is 1. The van der Waals surface area contributed by atoms with Gasteiger partial charge in [0.1, 0.15) is 0 Å². The van der Waals surface area contributed by atoms with Crippen LogP contribution in [0.3, 0.4) is 0 Å². The second-order valence-corrected chi connectivity index (χ2v) is 11.3. The molecule has 0 aliphatic heterocycles. The van der Waals surface area contributed by atoms with Crippen LogP contribution in [-0.2, 0) is 14.8 Å². The largest absolute Gasteiger partial charge is 0.383 e. The minimum atomic E-state index is -3.70. The maximum Gasteiger partial charge on any atom is 0.260 e. The smallest absolute Gasteiger partial charge is 0.260 e. The van der Waals surface area contributed by atoms with E-state index in [-0.39, 0.29) is 16.8 Å². The lowest BCUT2D eigenvalue weighted by atomic mass is 9.96. The van der Waals surface area contributed by atoms with Gasteiger partial charge in [0.05, 0.1) is 28.3 Å². The number of benzene rings is 2. The molecule has 7 nitrogen and oxygen atoms in total. The predicted octanol–water partition coefficient (Wildman–Crippen LogP) is 4.54. The van der Waals surface area contributed by atoms with Gasteiger partial charge in [-0.3, -0.25) is 9.69 Å². The molecule has 1 aliphatic rings. The van der Waals surface area contributed by atoms with E-state index in [4.69, 9.17) is 4.74 Å². The van der Waals surface area contributed by atoms with Crippen molar-refractivity contribution >= 4 is 42.6 Å². The summed E-state index contributed by atoms with van der Waals surface area (Å²) in [5.41, 5.74) is 1.13. The molecule has 1 heterocycles. The first-order valence-electron chi connectivity index (χ1n) is 11.2. The highest BCUT2D eigenvalue weighted by Crippen LogP contribution is 2.30. The molecule has 0 N–H and O–H groups in total. The number of carbonyl (C=O) groups is 1. The van der Waals surface area contributed by atoms with Crippen molar-refractivity contribution in [3.8, 4) is 0 Å². The SMILES string of the molecule is COCCN(C(=O)c1cccc(S(=O)(=O)N(C)C2CCCCC2)c1)c1nc2ccccc2s1. The zero-order valence-electron chi connectivity index (χ0n) is 18.9. The highest BCUT2D eigenvalue weighted by Gasteiger charge is 2.30. The van der Waals surface area contributed by atoms with Crippen LogP contribution < -0.4 is 4.90 Å². The molecule has 9 heteroatoms. The summed E-state index contributed by atoms with van der Waals surface area (Å²) in [4.78, 5) is 19.8. The van der Waals surface area contributed by atoms with E-state index < -0.39 is 10.0 Å². The van der Waals surface area contributed by atoms with E-state index in [2.05, 4.69) is 4.98 Å². The van der Waals surface area contributed by atoms with E-state index in [9.17, 15) is 13.2 Å². The number of rotatable bonds is 8. The molecule has 33 heavy (non-hydrogen) atoms. The first-order chi connectivity index (χ1) is 15.9. The number of sulfonamides is 1. The fourth-order valence-electron chi connectivity index (χ4n) is 4.19. The van der Waals surface area contributed by atoms with E-state index in [0.29, 0.717) is 23.8 Å². The van der Waals surface area contributed by atoms with E-state index >= 15 is 0 Å². The first-order valence-corrected chi connectivity index (χ1v) is 13.4. The summed E-state index contributed by atoms with van der Waals surface area (Å²) in [5, 5.41) is 0.561. The Morgan fingerprint density at radius 3 is 2.61 bits per heavy atom. The molecule has 0 bridgehead atoms. The molecule has 2 aromatic carbocycles. The van der Waals surface area contributed by atoms with E-state index in [1.54, 1.807) is 37.3 Å². The molecule has 176 valence electrons. The number of para-hydroxylation sites is 1. The lowest BCUT2D eigenvalue weighted by molar-refractivity contribution is 0.0975. The minimum Gasteiger partial charge on any atom is -0.383 e. The molecule has 0 atom stereocenters. The highest BCUT2D eigenvalue weighted by molar-refractivity contribution is 7.89. The number of amides is 1. The van der Waals surface area contributed by atoms with Crippen LogP contribution in [0.5, 0.6) is 0 Å². The molecule has 1 aromatic heterocycles. The zero-order chi connectivity index (χ0) is 23.4. The Kier molecular flexibility index (Phi) is 7.43. The number of carbonyl (C=O) groups excluding carboxylic acids is 1. The van der Waals surface area contributed by atoms with Crippen LogP contribution in [0.15, 0.2) is 53.4 Å². The van der Waals surface area contributed by atoms with Gasteiger partial charge < -0.3 is 4.74 Å². The number of hydrogen-bond acceptors (Lipinski definition) is 6. The van der Waals surface area contributed by atoms with Crippen LogP contribution in [0.25, 0.3) is 10.2 Å². The Bertz CT molecular complexity index is 1190. The van der Waals surface area contributed by atoms with Crippen molar-refractivity contribution in [2.75, 3.05) is 32.2 Å². The summed E-state index contributed by atoms with van der Waals surface area (Å²) in [6.07, 6.45) is 4.98. The maximum atomic E-state index is 13.5. The third-order valence-electron chi connectivity index (χ3n) is 6.12. The third-order valence-corrected chi connectivity index (χ3v) is 9.09. The summed E-state index contributed by atoms with van der Waals surface area (Å²) in [6.45, 7) is 0.651. The fourth-order valence-corrected chi connectivity index (χ4v) is 6.65. The van der Waals surface area contributed by atoms with Crippen LogP contribution >= 0.6 is 11.3 Å². The molecule has 4 rings (SSSR count). The van der Waals surface area contributed by atoms with Crippen molar-refractivity contribution in [2.45, 2.75) is 43.0 Å². The fraction of sp³-hybridized carbons (Fsp3) is 0.417. The molecule has 0 spiro atoms. The minimum absolute atomic E-state index is 0.00376. The average molecular weight is 488 g/mol. The Morgan fingerprint density at radius 2 is 1.88 bits per heavy atom. The normalized spacial score (nSPS) is 15.2. The Labute approximate surface area is 199 Å². The Balaban J connectivity index is 1.64. The number of ether oxygens (including phenoxy) is 1. The van der Waals surface area contributed by atoms with Crippen LogP contribution in [0.1, 0.15) is 42.5 Å². The molecule has 1 saturated carbocycles. The number of thiazole rings is 1. The molecule has 1 aliphatic carbocycles. The summed E-state index contributed by atoms with van der Waals surface area (Å²) >= 11 is 1.42. The standard InChI is InChI=1S/C24H29N3O4S2/c1-26(19-10-4-3-5-11-19)33(29,30)20-12-8-9-18(17-20)23(28)27(15-16-31-2)24-25-21-13-6-7-14-22(21)32-24/h6-9,12-14,17,19H,3-5,10-11,15-16H2,1-2H3. The average Bonchev–Trinajstić information content (AvgIpc) is 3.28. The zero-order valence-corrected chi connectivity index (χ0v) is 20.6. The van der Waals surface area contributed by atoms with Crippen molar-refractivity contribution in [2.24, 2.45) is 0 Å². The monoisotopic (exact) mass is 487 g/mol. The van der Waals surface area contributed by atoms with Crippen molar-refractivity contribution in [3.05, 3.63) is 54.1 Å². The van der Waals surface area contributed by atoms with E-state index in [1.807, 2.05) is 24.3 Å². The number of nitrogens with zero attached hydrogens (tertiary/aromatic N) is 3. The molecular formula is C24H29N3O4S2. The van der Waals surface area contributed by atoms with Crippen LogP contribution in [0, 0.1) is 0 Å². The van der Waals surface area contributed by atoms with Crippen molar-refractivity contribution in [3.63, 3.8) is 0 Å². The van der Waals surface area contributed by atoms with Gasteiger partial charge in [-0.25, -0.2) is 13.4 Å². The Hall–Kier alpha value is -2.33. The van der Waals surface area contributed by atoms with Gasteiger partial charge in [0.15, 0.2) is 5.13 Å². The van der Waals surface area contributed by atoms with Crippen LogP contribution in [0.2, 0.25) is 0 Å². The summed E-state index contributed by atoms with van der Waals surface area (Å²) < 4.78 is 34.3. The van der Waals surface area contributed by atoms with Gasteiger partial charge in [-0.2, -0.15) is 4.31 Å². The molecule has 0 unspecified atom stereocenters. The van der Waals surface area contributed by atoms with Crippen molar-refractivity contribution < 1.29 is 17.9 Å². The number of hydrogen-bond donors (Lipinski definition) is 0. The highest BCUT2D eigenvalue weighted by atomic mass is 32.2. The summed E-state index contributed by atoms with van der Waals surface area (Å²) in [6, 6.07) is 14.0. The summed E-state index contributed by atoms with van der Waals surface area (Å²) in [7, 11) is -0.474. The van der Waals surface area contributed by atoms with Crippen molar-refractivity contribution in [1.82, 2.24) is 9.29 Å². The van der Waals surface area contributed by atoms with Gasteiger partial charge in [-0.05, 0) is 43.2 Å². The van der Waals surface area contributed by atoms with Gasteiger partial charge >= 0.3 is 0 Å². The predicted molar refractivity (Wildman–Crippen MR) is 131 cm³/mol. The number of methoxy groups -OCH3 is 1. The summed E-state index contributed by atoms with van der Waals surface area (Å²) in [5.74, 6) is -0.302. The maximum absolute atomic E-state index is 13.5. The first kappa shape index (κ1) is 23.8. The Morgan fingerprint density at radius 1 is 1.12 bits per heavy atom. The third kappa shape index (κ3) is 5.11.